The molecule has 3 nitrogen and oxygen atoms in total. The molecule has 2 rings (SSSR count). The second kappa shape index (κ2) is 6.59. The Hall–Kier alpha value is -1.06. The van der Waals surface area contributed by atoms with Crippen LogP contribution in [0.25, 0.3) is 0 Å². The van der Waals surface area contributed by atoms with E-state index in [2.05, 4.69) is 49.9 Å². The van der Waals surface area contributed by atoms with Gasteiger partial charge >= 0.3 is 5.97 Å². The van der Waals surface area contributed by atoms with Crippen LogP contribution in [0, 0.1) is 0 Å². The third-order valence-corrected chi connectivity index (χ3v) is 3.85. The van der Waals surface area contributed by atoms with Crippen LogP contribution in [0.3, 0.4) is 0 Å². The molecule has 0 amide bonds. The van der Waals surface area contributed by atoms with Crippen molar-refractivity contribution in [2.24, 2.45) is 0 Å². The van der Waals surface area contributed by atoms with Crippen LogP contribution in [0.1, 0.15) is 44.7 Å². The van der Waals surface area contributed by atoms with Gasteiger partial charge in [-0.25, -0.2) is 0 Å². The maximum atomic E-state index is 11.1. The normalized spacial score (nSPS) is 19.6. The van der Waals surface area contributed by atoms with Gasteiger partial charge in [0.25, 0.3) is 0 Å². The van der Waals surface area contributed by atoms with Gasteiger partial charge in [0.15, 0.2) is 0 Å². The van der Waals surface area contributed by atoms with E-state index in [0.717, 1.165) is 25.9 Å². The lowest BCUT2D eigenvalue weighted by Crippen LogP contribution is -2.35. The summed E-state index contributed by atoms with van der Waals surface area (Å²) >= 11 is 0. The summed E-state index contributed by atoms with van der Waals surface area (Å²) in [7, 11) is 0. The van der Waals surface area contributed by atoms with Gasteiger partial charge in [-0.3, -0.25) is 9.69 Å². The Bertz CT molecular complexity index is 451. The minimum absolute atomic E-state index is 0. The molecule has 1 saturated heterocycles. The fraction of sp³-hybridized carbons (Fsp3) is 0.562. The van der Waals surface area contributed by atoms with E-state index in [1.165, 1.54) is 11.1 Å². The molecule has 112 valence electrons. The van der Waals surface area contributed by atoms with Gasteiger partial charge in [0, 0.05) is 6.54 Å². The first-order chi connectivity index (χ1) is 8.88. The Labute approximate surface area is 127 Å². The third kappa shape index (κ3) is 3.97. The van der Waals surface area contributed by atoms with Crippen molar-refractivity contribution >= 4 is 18.4 Å². The molecule has 0 bridgehead atoms. The van der Waals surface area contributed by atoms with Crippen molar-refractivity contribution < 1.29 is 9.90 Å². The van der Waals surface area contributed by atoms with Crippen molar-refractivity contribution in [1.82, 2.24) is 4.90 Å². The first kappa shape index (κ1) is 17.0. The summed E-state index contributed by atoms with van der Waals surface area (Å²) in [5.41, 5.74) is 2.67. The minimum Gasteiger partial charge on any atom is -0.480 e. The van der Waals surface area contributed by atoms with Crippen molar-refractivity contribution in [1.29, 1.82) is 0 Å². The summed E-state index contributed by atoms with van der Waals surface area (Å²) in [4.78, 5) is 13.2. The van der Waals surface area contributed by atoms with Crippen molar-refractivity contribution in [2.45, 2.75) is 51.6 Å². The molecule has 4 heteroatoms. The Morgan fingerprint density at radius 3 is 2.40 bits per heavy atom. The highest BCUT2D eigenvalue weighted by atomic mass is 35.5. The number of hydrogen-bond donors (Lipinski definition) is 1. The number of carboxylic acid groups (broad SMARTS) is 1. The number of rotatable bonds is 3. The number of halogens is 1. The SMILES string of the molecule is CC(C)(C)c1ccc(CN2CCC[C@@H]2C(=O)O)cc1.Cl. The average molecular weight is 298 g/mol. The molecular weight excluding hydrogens is 274 g/mol. The van der Waals surface area contributed by atoms with Gasteiger partial charge in [-0.1, -0.05) is 45.0 Å². The van der Waals surface area contributed by atoms with Crippen LogP contribution in [0.4, 0.5) is 0 Å². The summed E-state index contributed by atoms with van der Waals surface area (Å²) in [6, 6.07) is 8.25. The van der Waals surface area contributed by atoms with Gasteiger partial charge in [-0.2, -0.15) is 0 Å². The molecule has 1 aromatic rings. The summed E-state index contributed by atoms with van der Waals surface area (Å²) in [6.07, 6.45) is 1.76. The van der Waals surface area contributed by atoms with E-state index in [1.807, 2.05) is 0 Å². The van der Waals surface area contributed by atoms with Crippen LogP contribution in [0.15, 0.2) is 24.3 Å². The van der Waals surface area contributed by atoms with E-state index >= 15 is 0 Å². The molecule has 1 atom stereocenters. The summed E-state index contributed by atoms with van der Waals surface area (Å²) in [6.45, 7) is 8.22. The number of nitrogens with zero attached hydrogens (tertiary/aromatic N) is 1. The number of benzene rings is 1. The number of carboxylic acids is 1. The van der Waals surface area contributed by atoms with E-state index in [-0.39, 0.29) is 23.9 Å². The molecule has 1 aliphatic rings. The van der Waals surface area contributed by atoms with Crippen LogP contribution in [-0.2, 0) is 16.8 Å². The zero-order valence-electron chi connectivity index (χ0n) is 12.4. The predicted octanol–water partition coefficient (Wildman–Crippen LogP) is 3.45. The lowest BCUT2D eigenvalue weighted by atomic mass is 9.87. The molecule has 1 N–H and O–H groups in total. The molecule has 0 radical (unpaired) electrons. The Morgan fingerprint density at radius 1 is 1.30 bits per heavy atom. The molecule has 20 heavy (non-hydrogen) atoms. The number of likely N-dealkylation sites (tertiary alicyclic amines) is 1. The summed E-state index contributed by atoms with van der Waals surface area (Å²) in [5.74, 6) is -0.691. The quantitative estimate of drug-likeness (QED) is 0.929. The molecule has 1 fully saturated rings. The van der Waals surface area contributed by atoms with Gasteiger partial charge in [0.05, 0.1) is 0 Å². The minimum atomic E-state index is -0.691. The lowest BCUT2D eigenvalue weighted by molar-refractivity contribution is -0.142. The molecular formula is C16H24ClNO2. The van der Waals surface area contributed by atoms with E-state index in [1.54, 1.807) is 0 Å². The van der Waals surface area contributed by atoms with Crippen LogP contribution < -0.4 is 0 Å². The first-order valence-corrected chi connectivity index (χ1v) is 6.94. The highest BCUT2D eigenvalue weighted by Gasteiger charge is 2.30. The van der Waals surface area contributed by atoms with Crippen LogP contribution in [0.2, 0.25) is 0 Å². The zero-order valence-corrected chi connectivity index (χ0v) is 13.2. The largest absolute Gasteiger partial charge is 0.480 e. The van der Waals surface area contributed by atoms with Crippen LogP contribution in [-0.4, -0.2) is 28.6 Å². The van der Waals surface area contributed by atoms with Crippen LogP contribution >= 0.6 is 12.4 Å². The average Bonchev–Trinajstić information content (AvgIpc) is 2.77. The number of carbonyl (C=O) groups is 1. The molecule has 0 unspecified atom stereocenters. The standard InChI is InChI=1S/C16H23NO2.ClH/c1-16(2,3)13-8-6-12(7-9-13)11-17-10-4-5-14(17)15(18)19;/h6-9,14H,4-5,10-11H2,1-3H3,(H,18,19);1H/t14-;/m1./s1. The molecule has 1 heterocycles. The maximum Gasteiger partial charge on any atom is 0.320 e. The Balaban J connectivity index is 0.00000200. The highest BCUT2D eigenvalue weighted by Crippen LogP contribution is 2.24. The number of hydrogen-bond acceptors (Lipinski definition) is 2. The third-order valence-electron chi connectivity index (χ3n) is 3.85. The molecule has 1 aliphatic heterocycles. The first-order valence-electron chi connectivity index (χ1n) is 6.94. The van der Waals surface area contributed by atoms with Crippen molar-refractivity contribution in [3.8, 4) is 0 Å². The van der Waals surface area contributed by atoms with E-state index in [0.29, 0.717) is 0 Å². The molecule has 0 aliphatic carbocycles. The van der Waals surface area contributed by atoms with Crippen molar-refractivity contribution in [2.75, 3.05) is 6.54 Å². The topological polar surface area (TPSA) is 40.5 Å². The molecule has 0 aromatic heterocycles. The number of aliphatic carboxylic acids is 1. The van der Waals surface area contributed by atoms with E-state index < -0.39 is 5.97 Å². The van der Waals surface area contributed by atoms with Gasteiger partial charge in [-0.15, -0.1) is 12.4 Å². The van der Waals surface area contributed by atoms with Crippen molar-refractivity contribution in [3.63, 3.8) is 0 Å². The van der Waals surface area contributed by atoms with Gasteiger partial charge in [-0.05, 0) is 35.9 Å². The Morgan fingerprint density at radius 2 is 1.90 bits per heavy atom. The fourth-order valence-corrected chi connectivity index (χ4v) is 2.64. The van der Waals surface area contributed by atoms with Gasteiger partial charge < -0.3 is 5.11 Å². The molecule has 0 spiro atoms. The predicted molar refractivity (Wildman–Crippen MR) is 83.5 cm³/mol. The monoisotopic (exact) mass is 297 g/mol. The lowest BCUT2D eigenvalue weighted by Gasteiger charge is -2.22. The smallest absolute Gasteiger partial charge is 0.320 e. The van der Waals surface area contributed by atoms with E-state index in [9.17, 15) is 9.90 Å². The second-order valence-electron chi connectivity index (χ2n) is 6.41. The fourth-order valence-electron chi connectivity index (χ4n) is 2.64. The zero-order chi connectivity index (χ0) is 14.0. The highest BCUT2D eigenvalue weighted by molar-refractivity contribution is 5.85. The second-order valence-corrected chi connectivity index (χ2v) is 6.41. The van der Waals surface area contributed by atoms with Crippen molar-refractivity contribution in [3.05, 3.63) is 35.4 Å². The molecule has 0 saturated carbocycles. The van der Waals surface area contributed by atoms with Crippen LogP contribution in [0.5, 0.6) is 0 Å². The van der Waals surface area contributed by atoms with E-state index in [4.69, 9.17) is 0 Å². The molecule has 1 aromatic carbocycles. The maximum absolute atomic E-state index is 11.1. The summed E-state index contributed by atoms with van der Waals surface area (Å²) < 4.78 is 0. The Kier molecular flexibility index (Phi) is 5.60. The summed E-state index contributed by atoms with van der Waals surface area (Å²) in [5, 5.41) is 9.17. The van der Waals surface area contributed by atoms with Gasteiger partial charge in [0.2, 0.25) is 0 Å². The van der Waals surface area contributed by atoms with Gasteiger partial charge in [0.1, 0.15) is 6.04 Å².